The Bertz CT molecular complexity index is 1570. The molecule has 0 amide bonds. The van der Waals surface area contributed by atoms with Gasteiger partial charge in [-0.1, -0.05) is 39.0 Å². The van der Waals surface area contributed by atoms with Gasteiger partial charge in [0.1, 0.15) is 17.2 Å². The molecule has 1 aliphatic heterocycles. The molecule has 0 bridgehead atoms. The molecule has 1 aliphatic rings. The van der Waals surface area contributed by atoms with Crippen LogP contribution in [0.5, 0.6) is 0 Å². The number of hydrogen-bond acceptors (Lipinski definition) is 5. The summed E-state index contributed by atoms with van der Waals surface area (Å²) in [5.74, 6) is -2.25. The second-order valence-corrected chi connectivity index (χ2v) is 19.6. The van der Waals surface area contributed by atoms with Crippen LogP contribution in [0.1, 0.15) is 89.4 Å². The maximum Gasteiger partial charge on any atom is 0.419 e. The topological polar surface area (TPSA) is 63.9 Å². The van der Waals surface area contributed by atoms with Gasteiger partial charge in [-0.05, 0) is 88.0 Å². The minimum absolute atomic E-state index is 0.0201. The zero-order chi connectivity index (χ0) is 34.6. The van der Waals surface area contributed by atoms with E-state index in [0.717, 1.165) is 21.6 Å². The van der Waals surface area contributed by atoms with Gasteiger partial charge in [0, 0.05) is 23.6 Å². The van der Waals surface area contributed by atoms with Crippen molar-refractivity contribution < 1.29 is 41.0 Å². The molecule has 2 unspecified atom stereocenters. The highest BCUT2D eigenvalue weighted by Gasteiger charge is 2.46. The Hall–Kier alpha value is -2.80. The molecule has 12 heteroatoms. The number of alkyl halides is 3. The predicted molar refractivity (Wildman–Crippen MR) is 170 cm³/mol. The van der Waals surface area contributed by atoms with E-state index in [2.05, 4.69) is 33.9 Å². The largest absolute Gasteiger partial charge is 0.443 e. The molecule has 3 atom stereocenters. The summed E-state index contributed by atoms with van der Waals surface area (Å²) >= 11 is 0. The van der Waals surface area contributed by atoms with Crippen molar-refractivity contribution in [3.05, 3.63) is 70.4 Å². The molecular formula is C34H45F5N2O4Si. The number of carbonyl (C=O) groups excluding carboxylic acids is 1. The van der Waals surface area contributed by atoms with Gasteiger partial charge in [0.25, 0.3) is 0 Å². The number of aliphatic hydroxyl groups is 1. The van der Waals surface area contributed by atoms with Crippen molar-refractivity contribution in [1.29, 1.82) is 0 Å². The van der Waals surface area contributed by atoms with Crippen molar-refractivity contribution in [2.75, 3.05) is 13.2 Å². The first kappa shape index (κ1) is 36.0. The number of carbonyl (C=O) groups is 1. The smallest absolute Gasteiger partial charge is 0.419 e. The van der Waals surface area contributed by atoms with E-state index < -0.39 is 68.1 Å². The van der Waals surface area contributed by atoms with Gasteiger partial charge in [-0.2, -0.15) is 13.2 Å². The molecule has 1 aromatic heterocycles. The standard InChI is InChI=1S/C34H45F5N2O4Si/c1-20-16-23-22-12-10-11-13-26(22)41(31(43)45-32(2,3)4)29(23)30(40(20)19-34(37,38)39)28-24(35)17-21(18-25(28)36)27(42)14-15-44-46(8,9)33(5,6)7/h10-13,17-18,20,27,30,42H,14-16,19H2,1-9H3/t20-,27?,30?/m1/s1. The number of benzene rings is 2. The van der Waals surface area contributed by atoms with Gasteiger partial charge in [-0.25, -0.2) is 18.1 Å². The van der Waals surface area contributed by atoms with Crippen LogP contribution < -0.4 is 0 Å². The zero-order valence-corrected chi connectivity index (χ0v) is 29.0. The molecule has 2 heterocycles. The van der Waals surface area contributed by atoms with Gasteiger partial charge >= 0.3 is 12.3 Å². The Balaban J connectivity index is 1.85. The number of hydrogen-bond donors (Lipinski definition) is 1. The summed E-state index contributed by atoms with van der Waals surface area (Å²) < 4.78 is 87.4. The van der Waals surface area contributed by atoms with E-state index in [1.807, 2.05) is 0 Å². The van der Waals surface area contributed by atoms with Crippen LogP contribution >= 0.6 is 0 Å². The van der Waals surface area contributed by atoms with E-state index in [1.54, 1.807) is 52.0 Å². The summed E-state index contributed by atoms with van der Waals surface area (Å²) in [6, 6.07) is 6.26. The normalized spacial score (nSPS) is 18.9. The van der Waals surface area contributed by atoms with Gasteiger partial charge in [-0.15, -0.1) is 0 Å². The molecule has 1 N–H and O–H groups in total. The lowest BCUT2D eigenvalue weighted by Crippen LogP contribution is -2.48. The van der Waals surface area contributed by atoms with Crippen molar-refractivity contribution in [3.63, 3.8) is 0 Å². The van der Waals surface area contributed by atoms with Crippen molar-refractivity contribution in [2.45, 2.75) is 109 Å². The summed E-state index contributed by atoms with van der Waals surface area (Å²) in [4.78, 5) is 14.7. The fourth-order valence-corrected chi connectivity index (χ4v) is 6.84. The van der Waals surface area contributed by atoms with Crippen molar-refractivity contribution in [3.8, 4) is 0 Å². The lowest BCUT2D eigenvalue weighted by atomic mass is 9.87. The quantitative estimate of drug-likeness (QED) is 0.201. The van der Waals surface area contributed by atoms with E-state index in [9.17, 15) is 23.1 Å². The van der Waals surface area contributed by atoms with Gasteiger partial charge in [0.2, 0.25) is 0 Å². The van der Waals surface area contributed by atoms with Crippen LogP contribution in [0.4, 0.5) is 26.7 Å². The van der Waals surface area contributed by atoms with Crippen LogP contribution in [-0.4, -0.2) is 60.0 Å². The third kappa shape index (κ3) is 7.50. The van der Waals surface area contributed by atoms with E-state index >= 15 is 8.78 Å². The minimum atomic E-state index is -4.71. The second-order valence-electron chi connectivity index (χ2n) is 14.8. The summed E-state index contributed by atoms with van der Waals surface area (Å²) in [5.41, 5.74) is -0.756. The number of para-hydroxylation sites is 1. The van der Waals surface area contributed by atoms with Crippen LogP contribution in [-0.2, 0) is 15.6 Å². The number of aromatic nitrogens is 1. The fourth-order valence-electron chi connectivity index (χ4n) is 5.78. The van der Waals surface area contributed by atoms with E-state index in [-0.39, 0.29) is 35.7 Å². The van der Waals surface area contributed by atoms with Crippen molar-refractivity contribution >= 4 is 25.3 Å². The van der Waals surface area contributed by atoms with E-state index in [4.69, 9.17) is 9.16 Å². The summed E-state index contributed by atoms with van der Waals surface area (Å²) in [7, 11) is -2.13. The molecule has 2 aromatic carbocycles. The number of ether oxygens (including phenoxy) is 1. The van der Waals surface area contributed by atoms with Crippen molar-refractivity contribution in [1.82, 2.24) is 9.47 Å². The maximum absolute atomic E-state index is 16.2. The number of halogens is 5. The molecule has 6 nitrogen and oxygen atoms in total. The van der Waals surface area contributed by atoms with Crippen LogP contribution in [0.25, 0.3) is 10.9 Å². The molecule has 0 aliphatic carbocycles. The third-order valence-electron chi connectivity index (χ3n) is 9.03. The molecule has 0 saturated heterocycles. The predicted octanol–water partition coefficient (Wildman–Crippen LogP) is 9.05. The van der Waals surface area contributed by atoms with Crippen LogP contribution in [0.2, 0.25) is 18.1 Å². The molecule has 4 rings (SSSR count). The lowest BCUT2D eigenvalue weighted by Gasteiger charge is -2.42. The van der Waals surface area contributed by atoms with Crippen LogP contribution in [0.15, 0.2) is 36.4 Å². The highest BCUT2D eigenvalue weighted by atomic mass is 28.4. The van der Waals surface area contributed by atoms with E-state index in [0.29, 0.717) is 16.5 Å². The second kappa shape index (κ2) is 12.7. The van der Waals surface area contributed by atoms with Gasteiger partial charge < -0.3 is 14.3 Å². The molecule has 0 fully saturated rings. The Morgan fingerprint density at radius 1 is 1.04 bits per heavy atom. The van der Waals surface area contributed by atoms with Gasteiger partial charge in [0.15, 0.2) is 8.32 Å². The first-order chi connectivity index (χ1) is 21.0. The molecule has 46 heavy (non-hydrogen) atoms. The Morgan fingerprint density at radius 2 is 1.63 bits per heavy atom. The first-order valence-corrected chi connectivity index (χ1v) is 18.4. The summed E-state index contributed by atoms with van der Waals surface area (Å²) in [6.45, 7) is 15.5. The molecular weight excluding hydrogens is 623 g/mol. The zero-order valence-electron chi connectivity index (χ0n) is 28.0. The van der Waals surface area contributed by atoms with Crippen molar-refractivity contribution in [2.24, 2.45) is 0 Å². The fraction of sp³-hybridized carbons (Fsp3) is 0.559. The van der Waals surface area contributed by atoms with Gasteiger partial charge in [0.05, 0.1) is 29.9 Å². The highest BCUT2D eigenvalue weighted by molar-refractivity contribution is 6.74. The average molecular weight is 669 g/mol. The first-order valence-electron chi connectivity index (χ1n) is 15.5. The lowest BCUT2D eigenvalue weighted by molar-refractivity contribution is -0.155. The molecule has 254 valence electrons. The highest BCUT2D eigenvalue weighted by Crippen LogP contribution is 2.46. The Kier molecular flexibility index (Phi) is 9.92. The molecule has 3 aromatic rings. The Labute approximate surface area is 268 Å². The minimum Gasteiger partial charge on any atom is -0.443 e. The van der Waals surface area contributed by atoms with E-state index in [1.165, 1.54) is 0 Å². The number of nitrogens with zero attached hydrogens (tertiary/aromatic N) is 2. The average Bonchev–Trinajstić information content (AvgIpc) is 3.21. The summed E-state index contributed by atoms with van der Waals surface area (Å²) in [6.07, 6.45) is -6.68. The SMILES string of the molecule is C[C@@H]1Cc2c(n(C(=O)OC(C)(C)C)c3ccccc23)C(c2c(F)cc(C(O)CCO[Si](C)(C)C(C)(C)C)cc2F)N1CC(F)(F)F. The number of aliphatic hydroxyl groups excluding tert-OH is 1. The Morgan fingerprint density at radius 3 is 2.17 bits per heavy atom. The van der Waals surface area contributed by atoms with Gasteiger partial charge in [-0.3, -0.25) is 4.90 Å². The monoisotopic (exact) mass is 668 g/mol. The van der Waals surface area contributed by atoms with Crippen LogP contribution in [0.3, 0.4) is 0 Å². The third-order valence-corrected chi connectivity index (χ3v) is 13.6. The molecule has 0 saturated carbocycles. The molecule has 0 spiro atoms. The number of rotatable bonds is 7. The maximum atomic E-state index is 16.2. The summed E-state index contributed by atoms with van der Waals surface area (Å²) in [5, 5.41) is 11.4. The molecule has 0 radical (unpaired) electrons. The van der Waals surface area contributed by atoms with Crippen LogP contribution in [0, 0.1) is 11.6 Å². The number of fused-ring (bicyclic) bond motifs is 3.